The van der Waals surface area contributed by atoms with E-state index in [0.717, 1.165) is 36.9 Å². The lowest BCUT2D eigenvalue weighted by molar-refractivity contribution is -0.117. The Labute approximate surface area is 120 Å². The quantitative estimate of drug-likeness (QED) is 0.870. The number of carbonyl (C=O) groups is 1. The minimum absolute atomic E-state index is 0.00918. The molecule has 1 aliphatic rings. The van der Waals surface area contributed by atoms with Crippen LogP contribution >= 0.6 is 0 Å². The predicted molar refractivity (Wildman–Crippen MR) is 78.4 cm³/mol. The van der Waals surface area contributed by atoms with E-state index in [-0.39, 0.29) is 12.5 Å². The van der Waals surface area contributed by atoms with E-state index in [9.17, 15) is 4.79 Å². The van der Waals surface area contributed by atoms with Gasteiger partial charge in [0.15, 0.2) is 0 Å². The molecular formula is C16H23NO3. The molecule has 1 aromatic carbocycles. The minimum atomic E-state index is -0.00918. The van der Waals surface area contributed by atoms with Gasteiger partial charge in [0, 0.05) is 19.2 Å². The maximum Gasteiger partial charge on any atom is 0.224 e. The van der Waals surface area contributed by atoms with Crippen molar-refractivity contribution in [3.63, 3.8) is 0 Å². The normalized spacial score (nSPS) is 22.5. The molecule has 20 heavy (non-hydrogen) atoms. The maximum absolute atomic E-state index is 12.0. The summed E-state index contributed by atoms with van der Waals surface area (Å²) in [7, 11) is 1.76. The number of anilines is 1. The summed E-state index contributed by atoms with van der Waals surface area (Å²) in [5.41, 5.74) is 1.57. The van der Waals surface area contributed by atoms with Gasteiger partial charge < -0.3 is 15.2 Å². The zero-order valence-electron chi connectivity index (χ0n) is 12.0. The molecule has 1 amide bonds. The van der Waals surface area contributed by atoms with Crippen LogP contribution in [0.4, 0.5) is 5.69 Å². The first-order valence-corrected chi connectivity index (χ1v) is 7.23. The fourth-order valence-electron chi connectivity index (χ4n) is 2.79. The first-order chi connectivity index (χ1) is 9.71. The van der Waals surface area contributed by atoms with Crippen LogP contribution in [0.25, 0.3) is 0 Å². The van der Waals surface area contributed by atoms with Crippen LogP contribution in [0.1, 0.15) is 37.7 Å². The van der Waals surface area contributed by atoms with E-state index >= 15 is 0 Å². The van der Waals surface area contributed by atoms with Crippen molar-refractivity contribution in [3.8, 4) is 0 Å². The first-order valence-electron chi connectivity index (χ1n) is 7.23. The predicted octanol–water partition coefficient (Wildman–Crippen LogP) is 2.71. The van der Waals surface area contributed by atoms with Gasteiger partial charge in [-0.3, -0.25) is 4.79 Å². The minimum Gasteiger partial charge on any atom is -0.392 e. The van der Waals surface area contributed by atoms with Gasteiger partial charge in [-0.2, -0.15) is 0 Å². The summed E-state index contributed by atoms with van der Waals surface area (Å²) in [6, 6.07) is 7.32. The third kappa shape index (κ3) is 4.32. The van der Waals surface area contributed by atoms with Crippen LogP contribution in [0.5, 0.6) is 0 Å². The van der Waals surface area contributed by atoms with E-state index < -0.39 is 0 Å². The molecule has 1 aliphatic carbocycles. The molecule has 2 N–H and O–H groups in total. The Morgan fingerprint density at radius 2 is 2.10 bits per heavy atom. The number of hydrogen-bond acceptors (Lipinski definition) is 3. The molecule has 4 heteroatoms. The monoisotopic (exact) mass is 277 g/mol. The lowest BCUT2D eigenvalue weighted by atomic mass is 9.85. The Bertz CT molecular complexity index is 439. The number of ether oxygens (including phenoxy) is 1. The maximum atomic E-state index is 12.0. The standard InChI is InChI=1S/C16H23NO3/c1-20-15-7-5-12(6-8-15)10-16(19)17-14-4-2-3-13(9-14)11-18/h2-4,9,12,15,18H,5-8,10-11H2,1H3,(H,17,19). The van der Waals surface area contributed by atoms with Crippen molar-refractivity contribution >= 4 is 11.6 Å². The van der Waals surface area contributed by atoms with Crippen molar-refractivity contribution in [2.24, 2.45) is 5.92 Å². The van der Waals surface area contributed by atoms with Gasteiger partial charge in [0.2, 0.25) is 5.91 Å². The fourth-order valence-corrected chi connectivity index (χ4v) is 2.79. The van der Waals surface area contributed by atoms with Crippen molar-refractivity contribution in [1.82, 2.24) is 0 Å². The van der Waals surface area contributed by atoms with E-state index in [1.54, 1.807) is 13.2 Å². The number of methoxy groups -OCH3 is 1. The van der Waals surface area contributed by atoms with Gasteiger partial charge in [-0.15, -0.1) is 0 Å². The van der Waals surface area contributed by atoms with Gasteiger partial charge in [0.25, 0.3) is 0 Å². The summed E-state index contributed by atoms with van der Waals surface area (Å²) >= 11 is 0. The van der Waals surface area contributed by atoms with Gasteiger partial charge >= 0.3 is 0 Å². The van der Waals surface area contributed by atoms with E-state index in [2.05, 4.69) is 5.32 Å². The number of nitrogens with one attached hydrogen (secondary N) is 1. The Balaban J connectivity index is 1.80. The second kappa shape index (κ2) is 7.41. The lowest BCUT2D eigenvalue weighted by Gasteiger charge is -2.27. The smallest absolute Gasteiger partial charge is 0.224 e. The van der Waals surface area contributed by atoms with Crippen molar-refractivity contribution in [2.75, 3.05) is 12.4 Å². The largest absolute Gasteiger partial charge is 0.392 e. The molecule has 2 rings (SSSR count). The molecule has 1 aromatic rings. The van der Waals surface area contributed by atoms with Gasteiger partial charge in [0.05, 0.1) is 12.7 Å². The summed E-state index contributed by atoms with van der Waals surface area (Å²) in [5.74, 6) is 0.517. The molecule has 0 atom stereocenters. The average molecular weight is 277 g/mol. The Hall–Kier alpha value is -1.39. The highest BCUT2D eigenvalue weighted by Crippen LogP contribution is 2.28. The van der Waals surface area contributed by atoms with Gasteiger partial charge in [0.1, 0.15) is 0 Å². The molecule has 0 heterocycles. The molecule has 0 bridgehead atoms. The zero-order chi connectivity index (χ0) is 14.4. The second-order valence-electron chi connectivity index (χ2n) is 5.49. The molecule has 0 aliphatic heterocycles. The number of carbonyl (C=O) groups excluding carboxylic acids is 1. The summed E-state index contributed by atoms with van der Waals surface area (Å²) in [6.07, 6.45) is 5.16. The van der Waals surface area contributed by atoms with Crippen LogP contribution in [-0.2, 0) is 16.1 Å². The average Bonchev–Trinajstić information content (AvgIpc) is 2.48. The fraction of sp³-hybridized carbons (Fsp3) is 0.562. The SMILES string of the molecule is COC1CCC(CC(=O)Nc2cccc(CO)c2)CC1. The van der Waals surface area contributed by atoms with Crippen LogP contribution < -0.4 is 5.32 Å². The molecule has 110 valence electrons. The van der Waals surface area contributed by atoms with Crippen molar-refractivity contribution in [1.29, 1.82) is 0 Å². The molecule has 0 aromatic heterocycles. The highest BCUT2D eigenvalue weighted by molar-refractivity contribution is 5.90. The molecule has 1 fully saturated rings. The number of hydrogen-bond donors (Lipinski definition) is 2. The Morgan fingerprint density at radius 1 is 1.35 bits per heavy atom. The van der Waals surface area contributed by atoms with Crippen LogP contribution in [0.3, 0.4) is 0 Å². The Kier molecular flexibility index (Phi) is 5.56. The van der Waals surface area contributed by atoms with Crippen molar-refractivity contribution in [2.45, 2.75) is 44.8 Å². The molecule has 0 saturated heterocycles. The topological polar surface area (TPSA) is 58.6 Å². The third-order valence-corrected chi connectivity index (χ3v) is 3.99. The first kappa shape index (κ1) is 15.0. The number of aliphatic hydroxyl groups is 1. The lowest BCUT2D eigenvalue weighted by Crippen LogP contribution is -2.24. The summed E-state index contributed by atoms with van der Waals surface area (Å²) in [5, 5.41) is 12.0. The number of aliphatic hydroxyl groups excluding tert-OH is 1. The molecule has 1 saturated carbocycles. The highest BCUT2D eigenvalue weighted by Gasteiger charge is 2.22. The summed E-state index contributed by atoms with van der Waals surface area (Å²) in [4.78, 5) is 12.0. The van der Waals surface area contributed by atoms with Crippen LogP contribution in [-0.4, -0.2) is 24.2 Å². The molecule has 0 spiro atoms. The van der Waals surface area contributed by atoms with E-state index in [0.29, 0.717) is 18.4 Å². The van der Waals surface area contributed by atoms with Crippen LogP contribution in [0.2, 0.25) is 0 Å². The van der Waals surface area contributed by atoms with E-state index in [1.165, 1.54) is 0 Å². The van der Waals surface area contributed by atoms with Crippen LogP contribution in [0.15, 0.2) is 24.3 Å². The third-order valence-electron chi connectivity index (χ3n) is 3.99. The Morgan fingerprint density at radius 3 is 2.75 bits per heavy atom. The summed E-state index contributed by atoms with van der Waals surface area (Å²) < 4.78 is 5.34. The highest BCUT2D eigenvalue weighted by atomic mass is 16.5. The van der Waals surface area contributed by atoms with E-state index in [1.807, 2.05) is 18.2 Å². The molecule has 4 nitrogen and oxygen atoms in total. The van der Waals surface area contributed by atoms with Gasteiger partial charge in [-0.05, 0) is 49.3 Å². The van der Waals surface area contributed by atoms with Crippen LogP contribution in [0, 0.1) is 5.92 Å². The second-order valence-corrected chi connectivity index (χ2v) is 5.49. The summed E-state index contributed by atoms with van der Waals surface area (Å²) in [6.45, 7) is -0.00918. The van der Waals surface area contributed by atoms with Crippen molar-refractivity contribution in [3.05, 3.63) is 29.8 Å². The number of amides is 1. The van der Waals surface area contributed by atoms with Gasteiger partial charge in [-0.25, -0.2) is 0 Å². The molecular weight excluding hydrogens is 254 g/mol. The molecule has 0 unspecified atom stereocenters. The van der Waals surface area contributed by atoms with E-state index in [4.69, 9.17) is 9.84 Å². The van der Waals surface area contributed by atoms with Crippen molar-refractivity contribution < 1.29 is 14.6 Å². The number of rotatable bonds is 5. The number of benzene rings is 1. The van der Waals surface area contributed by atoms with Gasteiger partial charge in [-0.1, -0.05) is 12.1 Å². The molecule has 0 radical (unpaired) electrons. The zero-order valence-corrected chi connectivity index (χ0v) is 12.0.